The number of aryl methyl sites for hydroxylation is 1. The fraction of sp³-hybridized carbons (Fsp3) is 0.136. The minimum Gasteiger partial charge on any atom is -0.476 e. The number of thioether (sulfide) groups is 1. The molecule has 0 bridgehead atoms. The third kappa shape index (κ3) is 3.90. The van der Waals surface area contributed by atoms with Gasteiger partial charge in [0.25, 0.3) is 0 Å². The van der Waals surface area contributed by atoms with Gasteiger partial charge in [-0.15, -0.1) is 11.8 Å². The number of halogens is 2. The molecule has 0 fully saturated rings. The van der Waals surface area contributed by atoms with Crippen LogP contribution in [0, 0.1) is 29.9 Å². The quantitative estimate of drug-likeness (QED) is 0.410. The van der Waals surface area contributed by atoms with Gasteiger partial charge in [-0.3, -0.25) is 4.40 Å². The van der Waals surface area contributed by atoms with Gasteiger partial charge in [0.1, 0.15) is 6.07 Å². The predicted octanol–water partition coefficient (Wildman–Crippen LogP) is 5.35. The summed E-state index contributed by atoms with van der Waals surface area (Å²) in [6.45, 7) is 1.66. The predicted molar refractivity (Wildman–Crippen MR) is 116 cm³/mol. The number of nitrogens with one attached hydrogen (secondary N) is 1. The number of anilines is 2. The summed E-state index contributed by atoms with van der Waals surface area (Å²) >= 11 is 1.67. The Morgan fingerprint density at radius 1 is 1.19 bits per heavy atom. The number of nitrogens with zero attached hydrogens (tertiary/aromatic N) is 4. The standard InChI is InChI=1S/C22H17F2N5OS/c1-13-11-14(3-6-18(13)31-2)28-21-22-27-12-16(29(22)9-8-26-21)15-4-5-17(30-10-7-25)20(24)19(15)23/h3-6,8-9,11-12H,10H2,1-2H3,(H,26,28). The van der Waals surface area contributed by atoms with Crippen molar-refractivity contribution in [1.82, 2.24) is 14.4 Å². The van der Waals surface area contributed by atoms with Crippen LogP contribution in [0.15, 0.2) is 53.8 Å². The molecule has 0 unspecified atom stereocenters. The minimum absolute atomic E-state index is 0.0200. The van der Waals surface area contributed by atoms with Crippen LogP contribution >= 0.6 is 11.8 Å². The lowest BCUT2D eigenvalue weighted by Gasteiger charge is -2.11. The van der Waals surface area contributed by atoms with E-state index in [-0.39, 0.29) is 17.9 Å². The third-order valence-electron chi connectivity index (χ3n) is 4.70. The molecule has 2 heterocycles. The summed E-state index contributed by atoms with van der Waals surface area (Å²) in [6.07, 6.45) is 6.66. The van der Waals surface area contributed by atoms with Crippen LogP contribution in [0.2, 0.25) is 0 Å². The van der Waals surface area contributed by atoms with E-state index in [1.165, 1.54) is 23.2 Å². The number of nitriles is 1. The monoisotopic (exact) mass is 437 g/mol. The van der Waals surface area contributed by atoms with Crippen LogP contribution in [-0.4, -0.2) is 27.2 Å². The van der Waals surface area contributed by atoms with Crippen molar-refractivity contribution in [3.8, 4) is 23.1 Å². The first-order valence-corrected chi connectivity index (χ1v) is 10.5. The highest BCUT2D eigenvalue weighted by Crippen LogP contribution is 2.32. The second-order valence-electron chi connectivity index (χ2n) is 6.61. The van der Waals surface area contributed by atoms with E-state index in [0.29, 0.717) is 17.2 Å². The first kappa shape index (κ1) is 20.6. The van der Waals surface area contributed by atoms with Crippen LogP contribution in [0.5, 0.6) is 5.75 Å². The van der Waals surface area contributed by atoms with E-state index in [1.807, 2.05) is 31.4 Å². The molecule has 9 heteroatoms. The van der Waals surface area contributed by atoms with Gasteiger partial charge in [0.15, 0.2) is 29.6 Å². The normalized spacial score (nSPS) is 10.8. The number of hydrogen-bond donors (Lipinski definition) is 1. The molecule has 0 spiro atoms. The van der Waals surface area contributed by atoms with Gasteiger partial charge in [0.2, 0.25) is 5.82 Å². The Labute approximate surface area is 181 Å². The van der Waals surface area contributed by atoms with Crippen molar-refractivity contribution in [3.63, 3.8) is 0 Å². The van der Waals surface area contributed by atoms with Crippen molar-refractivity contribution < 1.29 is 13.5 Å². The van der Waals surface area contributed by atoms with Crippen LogP contribution in [0.3, 0.4) is 0 Å². The van der Waals surface area contributed by atoms with Gasteiger partial charge in [-0.2, -0.15) is 9.65 Å². The molecule has 0 aliphatic rings. The van der Waals surface area contributed by atoms with Gasteiger partial charge in [0, 0.05) is 28.5 Å². The lowest BCUT2D eigenvalue weighted by molar-refractivity contribution is 0.337. The Balaban J connectivity index is 1.72. The lowest BCUT2D eigenvalue weighted by Crippen LogP contribution is -2.01. The molecule has 2 aromatic heterocycles. The van der Waals surface area contributed by atoms with Gasteiger partial charge in [-0.1, -0.05) is 0 Å². The molecule has 4 rings (SSSR count). The van der Waals surface area contributed by atoms with E-state index in [0.717, 1.165) is 11.3 Å². The lowest BCUT2D eigenvalue weighted by atomic mass is 10.1. The molecular formula is C22H17F2N5OS. The topological polar surface area (TPSA) is 75.2 Å². The van der Waals surface area contributed by atoms with Crippen LogP contribution < -0.4 is 10.1 Å². The SMILES string of the molecule is CSc1ccc(Nc2nccn3c(-c4ccc(OCC#N)c(F)c4F)cnc23)cc1C. The summed E-state index contributed by atoms with van der Waals surface area (Å²) in [4.78, 5) is 9.89. The highest BCUT2D eigenvalue weighted by molar-refractivity contribution is 7.98. The number of ether oxygens (including phenoxy) is 1. The van der Waals surface area contributed by atoms with Crippen LogP contribution in [0.25, 0.3) is 16.9 Å². The zero-order valence-electron chi connectivity index (χ0n) is 16.7. The molecule has 0 saturated heterocycles. The number of imidazole rings is 1. The fourth-order valence-electron chi connectivity index (χ4n) is 3.25. The van der Waals surface area contributed by atoms with Gasteiger partial charge < -0.3 is 10.1 Å². The van der Waals surface area contributed by atoms with E-state index in [1.54, 1.807) is 34.6 Å². The van der Waals surface area contributed by atoms with Crippen molar-refractivity contribution in [3.05, 3.63) is 66.1 Å². The second-order valence-corrected chi connectivity index (χ2v) is 7.46. The maximum Gasteiger partial charge on any atom is 0.201 e. The summed E-state index contributed by atoms with van der Waals surface area (Å²) in [7, 11) is 0. The molecule has 1 N–H and O–H groups in total. The Bertz CT molecular complexity index is 1320. The van der Waals surface area contributed by atoms with E-state index in [9.17, 15) is 8.78 Å². The smallest absolute Gasteiger partial charge is 0.201 e. The Kier molecular flexibility index (Phi) is 5.73. The van der Waals surface area contributed by atoms with Crippen molar-refractivity contribution in [2.45, 2.75) is 11.8 Å². The Hall–Kier alpha value is -3.64. The average molecular weight is 437 g/mol. The Morgan fingerprint density at radius 3 is 2.77 bits per heavy atom. The van der Waals surface area contributed by atoms with E-state index in [4.69, 9.17) is 10.00 Å². The minimum atomic E-state index is -1.15. The molecule has 6 nitrogen and oxygen atoms in total. The van der Waals surface area contributed by atoms with Gasteiger partial charge in [-0.05, 0) is 49.1 Å². The summed E-state index contributed by atoms with van der Waals surface area (Å²) in [5, 5.41) is 11.8. The maximum absolute atomic E-state index is 14.7. The van der Waals surface area contributed by atoms with Gasteiger partial charge >= 0.3 is 0 Å². The van der Waals surface area contributed by atoms with Crippen molar-refractivity contribution in [1.29, 1.82) is 5.26 Å². The van der Waals surface area contributed by atoms with Crippen LogP contribution in [0.1, 0.15) is 5.56 Å². The zero-order valence-corrected chi connectivity index (χ0v) is 17.5. The summed E-state index contributed by atoms with van der Waals surface area (Å²) in [5.41, 5.74) is 2.82. The van der Waals surface area contributed by atoms with Crippen LogP contribution in [-0.2, 0) is 0 Å². The molecule has 2 aromatic carbocycles. The number of hydrogen-bond acceptors (Lipinski definition) is 6. The summed E-state index contributed by atoms with van der Waals surface area (Å²) < 4.78 is 35.7. The van der Waals surface area contributed by atoms with Crippen molar-refractivity contribution >= 4 is 28.9 Å². The maximum atomic E-state index is 14.7. The van der Waals surface area contributed by atoms with Gasteiger partial charge in [0.05, 0.1) is 11.9 Å². The molecule has 156 valence electrons. The van der Waals surface area contributed by atoms with Crippen LogP contribution in [0.4, 0.5) is 20.3 Å². The van der Waals surface area contributed by atoms with Crippen molar-refractivity contribution in [2.24, 2.45) is 0 Å². The molecule has 4 aromatic rings. The number of fused-ring (bicyclic) bond motifs is 1. The number of aromatic nitrogens is 3. The molecule has 0 saturated carbocycles. The summed E-state index contributed by atoms with van der Waals surface area (Å²) in [5.74, 6) is -2.06. The largest absolute Gasteiger partial charge is 0.476 e. The highest BCUT2D eigenvalue weighted by atomic mass is 32.2. The van der Waals surface area contributed by atoms with E-state index in [2.05, 4.69) is 15.3 Å². The first-order valence-electron chi connectivity index (χ1n) is 9.25. The third-order valence-corrected chi connectivity index (χ3v) is 5.60. The average Bonchev–Trinajstić information content (AvgIpc) is 3.20. The Morgan fingerprint density at radius 2 is 2.03 bits per heavy atom. The second kappa shape index (κ2) is 8.62. The summed E-state index contributed by atoms with van der Waals surface area (Å²) in [6, 6.07) is 10.4. The highest BCUT2D eigenvalue weighted by Gasteiger charge is 2.19. The molecule has 31 heavy (non-hydrogen) atoms. The van der Waals surface area contributed by atoms with E-state index >= 15 is 0 Å². The zero-order chi connectivity index (χ0) is 22.0. The van der Waals surface area contributed by atoms with Gasteiger partial charge in [-0.25, -0.2) is 14.4 Å². The molecule has 0 aliphatic carbocycles. The molecule has 0 aliphatic heterocycles. The molecule has 0 amide bonds. The molecule has 0 atom stereocenters. The van der Waals surface area contributed by atoms with Crippen molar-refractivity contribution in [2.75, 3.05) is 18.2 Å². The molecule has 0 radical (unpaired) electrons. The number of rotatable bonds is 6. The first-order chi connectivity index (χ1) is 15.0. The fourth-order valence-corrected chi connectivity index (χ4v) is 3.84. The van der Waals surface area contributed by atoms with E-state index < -0.39 is 11.6 Å². The number of benzene rings is 2. The molecular weight excluding hydrogens is 420 g/mol.